The lowest BCUT2D eigenvalue weighted by atomic mass is 10.1. The van der Waals surface area contributed by atoms with Crippen LogP contribution < -0.4 is 10.1 Å². The topological polar surface area (TPSA) is 74.8 Å². The molecular formula is C20H25FN4O3S. The number of amides is 1. The first-order chi connectivity index (χ1) is 14.0. The number of halogens is 1. The molecule has 29 heavy (non-hydrogen) atoms. The van der Waals surface area contributed by atoms with Crippen molar-refractivity contribution in [3.63, 3.8) is 0 Å². The smallest absolute Gasteiger partial charge is 0.243 e. The molecule has 1 saturated heterocycles. The van der Waals surface area contributed by atoms with E-state index in [1.165, 1.54) is 6.07 Å². The first-order valence-corrected chi connectivity index (χ1v) is 9.83. The molecule has 2 aromatic rings. The summed E-state index contributed by atoms with van der Waals surface area (Å²) in [5, 5.41) is 3.95. The van der Waals surface area contributed by atoms with Gasteiger partial charge in [-0.1, -0.05) is 6.58 Å². The van der Waals surface area contributed by atoms with Crippen molar-refractivity contribution < 1.29 is 18.7 Å². The van der Waals surface area contributed by atoms with Gasteiger partial charge in [0.05, 0.1) is 13.7 Å². The van der Waals surface area contributed by atoms with Crippen LogP contribution in [0.5, 0.6) is 5.88 Å². The number of nitrogens with one attached hydrogen (secondary N) is 1. The molecule has 0 unspecified atom stereocenters. The molecule has 1 fully saturated rings. The van der Waals surface area contributed by atoms with E-state index < -0.39 is 0 Å². The minimum atomic E-state index is -0.322. The average molecular weight is 421 g/mol. The Bertz CT molecular complexity index is 857. The summed E-state index contributed by atoms with van der Waals surface area (Å²) >= 11 is 1.61. The van der Waals surface area contributed by atoms with Crippen LogP contribution in [0, 0.1) is 5.82 Å². The predicted molar refractivity (Wildman–Crippen MR) is 112 cm³/mol. The van der Waals surface area contributed by atoms with Gasteiger partial charge in [-0.3, -0.25) is 4.79 Å². The summed E-state index contributed by atoms with van der Waals surface area (Å²) in [5.41, 5.74) is 0. The monoisotopic (exact) mass is 420 g/mol. The highest BCUT2D eigenvalue weighted by molar-refractivity contribution is 7.97. The lowest BCUT2D eigenvalue weighted by Crippen LogP contribution is -2.40. The van der Waals surface area contributed by atoms with Crippen molar-refractivity contribution in [2.45, 2.75) is 4.90 Å². The Morgan fingerprint density at radius 3 is 2.69 bits per heavy atom. The number of ether oxygens (including phenoxy) is 1. The van der Waals surface area contributed by atoms with E-state index in [0.717, 1.165) is 47.9 Å². The molecule has 9 heteroatoms. The molecular weight excluding hydrogens is 395 g/mol. The third-order valence-electron chi connectivity index (χ3n) is 4.20. The van der Waals surface area contributed by atoms with Gasteiger partial charge in [0.1, 0.15) is 12.1 Å². The third kappa shape index (κ3) is 6.81. The van der Waals surface area contributed by atoms with Crippen molar-refractivity contribution in [3.05, 3.63) is 42.9 Å². The number of methoxy groups -OCH3 is 1. The lowest BCUT2D eigenvalue weighted by Gasteiger charge is -2.31. The molecule has 156 valence electrons. The zero-order valence-electron chi connectivity index (χ0n) is 16.6. The van der Waals surface area contributed by atoms with Crippen LogP contribution in [-0.4, -0.2) is 73.3 Å². The summed E-state index contributed by atoms with van der Waals surface area (Å²) in [6.07, 6.45) is 3.43. The Morgan fingerprint density at radius 1 is 1.34 bits per heavy atom. The van der Waals surface area contributed by atoms with Crippen LogP contribution in [0.2, 0.25) is 0 Å². The third-order valence-corrected chi connectivity index (χ3v) is 5.36. The number of rotatable bonds is 6. The van der Waals surface area contributed by atoms with E-state index >= 15 is 0 Å². The van der Waals surface area contributed by atoms with Crippen molar-refractivity contribution in [1.82, 2.24) is 19.5 Å². The molecule has 3 rings (SSSR count). The molecule has 1 aliphatic rings. The SMILES string of the molecule is C=CC(=O)NCC=O.COc1nccc2c(SN3CCN(C)CC3)cc(F)cc12. The van der Waals surface area contributed by atoms with E-state index in [1.54, 1.807) is 31.3 Å². The molecule has 1 N–H and O–H groups in total. The fourth-order valence-corrected chi connectivity index (χ4v) is 3.73. The molecule has 0 bridgehead atoms. The molecule has 2 heterocycles. The predicted octanol–water partition coefficient (Wildman–Crippen LogP) is 2.12. The van der Waals surface area contributed by atoms with Gasteiger partial charge in [0.15, 0.2) is 0 Å². The number of carbonyl (C=O) groups is 2. The normalized spacial score (nSPS) is 14.6. The van der Waals surface area contributed by atoms with Gasteiger partial charge in [0.25, 0.3) is 0 Å². The summed E-state index contributed by atoms with van der Waals surface area (Å²) in [5.74, 6) is -0.116. The molecule has 0 saturated carbocycles. The standard InChI is InChI=1S/C15H18FN3OS.C5H7NO2/c1-18-5-7-19(8-6-18)21-14-10-11(16)9-13-12(14)3-4-17-15(13)20-2;1-2-5(8)6-3-4-7/h3-4,9-10H,5-8H2,1-2H3;2,4H,1,3H2,(H,6,8). The Hall–Kier alpha value is -2.49. The first-order valence-electron chi connectivity index (χ1n) is 9.06. The van der Waals surface area contributed by atoms with Crippen molar-refractivity contribution in [1.29, 1.82) is 0 Å². The second-order valence-electron chi connectivity index (χ2n) is 6.26. The quantitative estimate of drug-likeness (QED) is 0.436. The highest BCUT2D eigenvalue weighted by Crippen LogP contribution is 2.34. The van der Waals surface area contributed by atoms with Crippen LogP contribution in [0.25, 0.3) is 10.8 Å². The van der Waals surface area contributed by atoms with Gasteiger partial charge in [-0.15, -0.1) is 0 Å². The van der Waals surface area contributed by atoms with Crippen LogP contribution in [0.4, 0.5) is 4.39 Å². The molecule has 1 aromatic heterocycles. The van der Waals surface area contributed by atoms with E-state index in [2.05, 4.69) is 33.1 Å². The van der Waals surface area contributed by atoms with E-state index in [1.807, 2.05) is 6.07 Å². The highest BCUT2D eigenvalue weighted by Gasteiger charge is 2.17. The average Bonchev–Trinajstić information content (AvgIpc) is 2.73. The van der Waals surface area contributed by atoms with Gasteiger partial charge >= 0.3 is 0 Å². The number of hydrogen-bond acceptors (Lipinski definition) is 7. The van der Waals surface area contributed by atoms with E-state index in [4.69, 9.17) is 4.74 Å². The fraction of sp³-hybridized carbons (Fsp3) is 0.350. The van der Waals surface area contributed by atoms with Crippen molar-refractivity contribution in [3.8, 4) is 5.88 Å². The van der Waals surface area contributed by atoms with E-state index in [9.17, 15) is 14.0 Å². The number of hydrogen-bond donors (Lipinski definition) is 1. The van der Waals surface area contributed by atoms with Gasteiger partial charge in [-0.05, 0) is 43.3 Å². The first kappa shape index (κ1) is 22.8. The fourth-order valence-electron chi connectivity index (χ4n) is 2.66. The van der Waals surface area contributed by atoms with Crippen LogP contribution >= 0.6 is 11.9 Å². The molecule has 0 atom stereocenters. The summed E-state index contributed by atoms with van der Waals surface area (Å²) < 4.78 is 21.4. The molecule has 0 spiro atoms. The lowest BCUT2D eigenvalue weighted by molar-refractivity contribution is -0.118. The number of aldehydes is 1. The maximum Gasteiger partial charge on any atom is 0.243 e. The number of aromatic nitrogens is 1. The number of carbonyl (C=O) groups excluding carboxylic acids is 2. The zero-order valence-corrected chi connectivity index (χ0v) is 17.4. The zero-order chi connectivity index (χ0) is 21.2. The molecule has 0 aliphatic carbocycles. The minimum Gasteiger partial charge on any atom is -0.481 e. The summed E-state index contributed by atoms with van der Waals surface area (Å²) in [4.78, 5) is 27.1. The van der Waals surface area contributed by atoms with Gasteiger partial charge in [0, 0.05) is 48.0 Å². The summed E-state index contributed by atoms with van der Waals surface area (Å²) in [6, 6.07) is 4.98. The highest BCUT2D eigenvalue weighted by atomic mass is 32.2. The molecule has 1 aliphatic heterocycles. The Morgan fingerprint density at radius 2 is 2.07 bits per heavy atom. The largest absolute Gasteiger partial charge is 0.481 e. The van der Waals surface area contributed by atoms with Crippen LogP contribution in [-0.2, 0) is 9.59 Å². The number of likely N-dealkylation sites (N-methyl/N-ethyl adjacent to an activating group) is 1. The Kier molecular flexibility index (Phi) is 9.04. The number of fused-ring (bicyclic) bond motifs is 1. The second kappa shape index (κ2) is 11.5. The Balaban J connectivity index is 0.000000321. The second-order valence-corrected chi connectivity index (χ2v) is 7.40. The molecule has 7 nitrogen and oxygen atoms in total. The number of pyridine rings is 1. The van der Waals surface area contributed by atoms with Gasteiger partial charge < -0.3 is 19.7 Å². The summed E-state index contributed by atoms with van der Waals surface area (Å²) in [6.45, 7) is 7.26. The Labute approximate surface area is 174 Å². The van der Waals surface area contributed by atoms with Crippen molar-refractivity contribution in [2.24, 2.45) is 0 Å². The van der Waals surface area contributed by atoms with Gasteiger partial charge in [0.2, 0.25) is 11.8 Å². The van der Waals surface area contributed by atoms with Gasteiger partial charge in [-0.25, -0.2) is 13.7 Å². The van der Waals surface area contributed by atoms with Crippen LogP contribution in [0.1, 0.15) is 0 Å². The molecule has 1 amide bonds. The maximum absolute atomic E-state index is 13.9. The van der Waals surface area contributed by atoms with Gasteiger partial charge in [-0.2, -0.15) is 0 Å². The number of benzene rings is 1. The van der Waals surface area contributed by atoms with Crippen molar-refractivity contribution >= 4 is 34.9 Å². The van der Waals surface area contributed by atoms with Crippen LogP contribution in [0.3, 0.4) is 0 Å². The van der Waals surface area contributed by atoms with Crippen LogP contribution in [0.15, 0.2) is 41.9 Å². The van der Waals surface area contributed by atoms with E-state index in [-0.39, 0.29) is 18.3 Å². The maximum atomic E-state index is 13.9. The minimum absolute atomic E-state index is 0.0604. The van der Waals surface area contributed by atoms with E-state index in [0.29, 0.717) is 12.2 Å². The van der Waals surface area contributed by atoms with Crippen molar-refractivity contribution in [2.75, 3.05) is 46.9 Å². The molecule has 1 aromatic carbocycles. The molecule has 0 radical (unpaired) electrons. The summed E-state index contributed by atoms with van der Waals surface area (Å²) in [7, 11) is 3.68. The number of piperazine rings is 1. The number of nitrogens with zero attached hydrogens (tertiary/aromatic N) is 3.